The molecule has 2 aromatic heterocycles. The zero-order valence-corrected chi connectivity index (χ0v) is 20.6. The van der Waals surface area contributed by atoms with E-state index in [1.165, 1.54) is 11.8 Å². The first-order valence-electron chi connectivity index (χ1n) is 10.3. The Kier molecular flexibility index (Phi) is 5.99. The van der Waals surface area contributed by atoms with Crippen LogP contribution in [0.3, 0.4) is 0 Å². The standard InChI is InChI=1S/C22H19ClF3N5OS2/c1-30-9-11-5-14(23)15(6-12(11)10-30)28-21-27-8-13(22(24,25)26)18(29-21)16-7-17-19(34-16)20(32)31(2)3-4-33-17/h5-8H,3-4,9-10H2,1-2H3,(H,27,28,29). The van der Waals surface area contributed by atoms with Gasteiger partial charge in [0.25, 0.3) is 5.91 Å². The third-order valence-corrected chi connectivity index (χ3v) is 8.26. The van der Waals surface area contributed by atoms with E-state index in [1.807, 2.05) is 19.2 Å². The molecule has 0 aliphatic carbocycles. The first-order valence-corrected chi connectivity index (χ1v) is 12.5. The number of benzene rings is 1. The van der Waals surface area contributed by atoms with Gasteiger partial charge in [0.15, 0.2) is 0 Å². The molecule has 0 bridgehead atoms. The number of alkyl halides is 3. The van der Waals surface area contributed by atoms with Crippen molar-refractivity contribution in [3.05, 3.63) is 51.0 Å². The summed E-state index contributed by atoms with van der Waals surface area (Å²) in [6.45, 7) is 2.11. The minimum atomic E-state index is -4.65. The summed E-state index contributed by atoms with van der Waals surface area (Å²) in [5, 5.41) is 3.41. The summed E-state index contributed by atoms with van der Waals surface area (Å²) < 4.78 is 41.5. The Hall–Kier alpha value is -2.34. The van der Waals surface area contributed by atoms with Gasteiger partial charge in [-0.15, -0.1) is 23.1 Å². The zero-order valence-electron chi connectivity index (χ0n) is 18.2. The average molecular weight is 526 g/mol. The number of carbonyl (C=O) groups is 1. The summed E-state index contributed by atoms with van der Waals surface area (Å²) in [5.74, 6) is 0.461. The maximum Gasteiger partial charge on any atom is 0.420 e. The van der Waals surface area contributed by atoms with E-state index in [0.717, 1.165) is 41.8 Å². The Labute approximate surface area is 207 Å². The van der Waals surface area contributed by atoms with Gasteiger partial charge in [0.05, 0.1) is 21.3 Å². The quantitative estimate of drug-likeness (QED) is 0.470. The topological polar surface area (TPSA) is 61.4 Å². The van der Waals surface area contributed by atoms with Gasteiger partial charge in [-0.2, -0.15) is 13.2 Å². The van der Waals surface area contributed by atoms with E-state index in [1.54, 1.807) is 18.0 Å². The van der Waals surface area contributed by atoms with Crippen molar-refractivity contribution >= 4 is 52.2 Å². The van der Waals surface area contributed by atoms with Crippen molar-refractivity contribution in [2.75, 3.05) is 31.7 Å². The van der Waals surface area contributed by atoms with E-state index < -0.39 is 11.7 Å². The molecule has 34 heavy (non-hydrogen) atoms. The molecule has 0 radical (unpaired) electrons. The molecule has 1 aromatic carbocycles. The fourth-order valence-corrected chi connectivity index (χ4v) is 6.63. The number of hydrogen-bond acceptors (Lipinski definition) is 7. The van der Waals surface area contributed by atoms with Gasteiger partial charge in [-0.25, -0.2) is 9.97 Å². The largest absolute Gasteiger partial charge is 0.420 e. The number of anilines is 2. The molecule has 2 aliphatic heterocycles. The van der Waals surface area contributed by atoms with Gasteiger partial charge in [0.1, 0.15) is 10.4 Å². The number of carbonyl (C=O) groups excluding carboxylic acids is 1. The molecule has 4 heterocycles. The maximum atomic E-state index is 13.8. The van der Waals surface area contributed by atoms with E-state index in [2.05, 4.69) is 20.2 Å². The number of rotatable bonds is 3. The summed E-state index contributed by atoms with van der Waals surface area (Å²) in [6, 6.07) is 5.34. The van der Waals surface area contributed by atoms with Crippen LogP contribution in [-0.4, -0.2) is 52.1 Å². The predicted octanol–water partition coefficient (Wildman–Crippen LogP) is 5.74. The summed E-state index contributed by atoms with van der Waals surface area (Å²) in [6.07, 6.45) is -3.88. The fourth-order valence-electron chi connectivity index (χ4n) is 3.96. The van der Waals surface area contributed by atoms with Gasteiger partial charge >= 0.3 is 6.18 Å². The van der Waals surface area contributed by atoms with Gasteiger partial charge in [0, 0.05) is 43.5 Å². The van der Waals surface area contributed by atoms with Crippen molar-refractivity contribution in [2.24, 2.45) is 0 Å². The van der Waals surface area contributed by atoms with Crippen LogP contribution in [0.25, 0.3) is 10.6 Å². The Bertz CT molecular complexity index is 1300. The summed E-state index contributed by atoms with van der Waals surface area (Å²) >= 11 is 8.89. The van der Waals surface area contributed by atoms with Gasteiger partial charge in [-0.05, 0) is 36.4 Å². The molecule has 5 rings (SSSR count). The molecule has 0 unspecified atom stereocenters. The molecule has 0 saturated heterocycles. The molecular formula is C22H19ClF3N5OS2. The number of thioether (sulfide) groups is 1. The fraction of sp³-hybridized carbons (Fsp3) is 0.318. The molecule has 0 spiro atoms. The lowest BCUT2D eigenvalue weighted by molar-refractivity contribution is -0.137. The first kappa shape index (κ1) is 23.4. The normalized spacial score (nSPS) is 16.4. The minimum Gasteiger partial charge on any atom is -0.340 e. The lowest BCUT2D eigenvalue weighted by atomic mass is 10.1. The van der Waals surface area contributed by atoms with Crippen molar-refractivity contribution in [3.63, 3.8) is 0 Å². The monoisotopic (exact) mass is 525 g/mol. The van der Waals surface area contributed by atoms with Crippen LogP contribution in [0.1, 0.15) is 26.4 Å². The predicted molar refractivity (Wildman–Crippen MR) is 128 cm³/mol. The number of aromatic nitrogens is 2. The van der Waals surface area contributed by atoms with Gasteiger partial charge in [0.2, 0.25) is 5.95 Å². The average Bonchev–Trinajstić information content (AvgIpc) is 3.31. The third kappa shape index (κ3) is 4.37. The van der Waals surface area contributed by atoms with Crippen LogP contribution < -0.4 is 5.32 Å². The highest BCUT2D eigenvalue weighted by Gasteiger charge is 2.37. The maximum absolute atomic E-state index is 13.8. The molecule has 6 nitrogen and oxygen atoms in total. The second-order valence-electron chi connectivity index (χ2n) is 8.23. The Morgan fingerprint density at radius 1 is 1.15 bits per heavy atom. The van der Waals surface area contributed by atoms with Crippen molar-refractivity contribution in [2.45, 2.75) is 24.2 Å². The third-order valence-electron chi connectivity index (χ3n) is 5.67. The SMILES string of the molecule is CN1Cc2cc(Cl)c(Nc3ncc(C(F)(F)F)c(-c4cc5c(s4)C(=O)N(C)CCS5)n3)cc2C1. The van der Waals surface area contributed by atoms with Crippen LogP contribution >= 0.6 is 34.7 Å². The molecule has 0 saturated carbocycles. The van der Waals surface area contributed by atoms with Gasteiger partial charge in [-0.1, -0.05) is 11.6 Å². The molecule has 1 N–H and O–H groups in total. The molecule has 1 amide bonds. The number of fused-ring (bicyclic) bond motifs is 2. The number of nitrogens with zero attached hydrogens (tertiary/aromatic N) is 4. The van der Waals surface area contributed by atoms with Crippen LogP contribution in [0.15, 0.2) is 29.3 Å². The molecule has 0 atom stereocenters. The molecule has 0 fully saturated rings. The Balaban J connectivity index is 1.55. The lowest BCUT2D eigenvalue weighted by Crippen LogP contribution is -2.26. The Morgan fingerprint density at radius 3 is 2.62 bits per heavy atom. The number of amides is 1. The van der Waals surface area contributed by atoms with E-state index in [9.17, 15) is 18.0 Å². The summed E-state index contributed by atoms with van der Waals surface area (Å²) in [7, 11) is 3.68. The number of nitrogens with one attached hydrogen (secondary N) is 1. The van der Waals surface area contributed by atoms with Crippen molar-refractivity contribution in [1.29, 1.82) is 0 Å². The van der Waals surface area contributed by atoms with Crippen molar-refractivity contribution in [3.8, 4) is 10.6 Å². The lowest BCUT2D eigenvalue weighted by Gasteiger charge is -2.14. The van der Waals surface area contributed by atoms with Crippen LogP contribution in [0.5, 0.6) is 0 Å². The highest BCUT2D eigenvalue weighted by Crippen LogP contribution is 2.43. The van der Waals surface area contributed by atoms with Gasteiger partial charge < -0.3 is 10.2 Å². The van der Waals surface area contributed by atoms with Crippen molar-refractivity contribution in [1.82, 2.24) is 19.8 Å². The van der Waals surface area contributed by atoms with E-state index in [-0.39, 0.29) is 22.4 Å². The van der Waals surface area contributed by atoms with Crippen LogP contribution in [-0.2, 0) is 19.3 Å². The molecule has 12 heteroatoms. The summed E-state index contributed by atoms with van der Waals surface area (Å²) in [5.41, 5.74) is 1.50. The Morgan fingerprint density at radius 2 is 1.88 bits per heavy atom. The highest BCUT2D eigenvalue weighted by molar-refractivity contribution is 7.99. The molecule has 3 aromatic rings. The molecule has 178 valence electrons. The minimum absolute atomic E-state index is 0.00380. The van der Waals surface area contributed by atoms with Crippen LogP contribution in [0.4, 0.5) is 24.8 Å². The number of hydrogen-bond donors (Lipinski definition) is 1. The number of thiophene rings is 1. The zero-order chi connectivity index (χ0) is 24.2. The van der Waals surface area contributed by atoms with Crippen LogP contribution in [0.2, 0.25) is 5.02 Å². The molecule has 2 aliphatic rings. The smallest absolute Gasteiger partial charge is 0.340 e. The van der Waals surface area contributed by atoms with E-state index >= 15 is 0 Å². The highest BCUT2D eigenvalue weighted by atomic mass is 35.5. The second-order valence-corrected chi connectivity index (χ2v) is 10.8. The van der Waals surface area contributed by atoms with E-state index in [4.69, 9.17) is 11.6 Å². The number of halogens is 4. The van der Waals surface area contributed by atoms with E-state index in [0.29, 0.717) is 32.8 Å². The van der Waals surface area contributed by atoms with Crippen molar-refractivity contribution < 1.29 is 18.0 Å². The second kappa shape index (κ2) is 8.71. The summed E-state index contributed by atoms with van der Waals surface area (Å²) in [4.78, 5) is 25.9. The van der Waals surface area contributed by atoms with Crippen LogP contribution in [0, 0.1) is 0 Å². The van der Waals surface area contributed by atoms with Gasteiger partial charge in [-0.3, -0.25) is 9.69 Å². The molecular weight excluding hydrogens is 507 g/mol. The first-order chi connectivity index (χ1) is 16.1.